The number of rotatable bonds is 4. The van der Waals surface area contributed by atoms with Crippen LogP contribution in [0.5, 0.6) is 11.5 Å². The molecular weight excluding hydrogens is 392 g/mol. The van der Waals surface area contributed by atoms with E-state index in [2.05, 4.69) is 20.5 Å². The van der Waals surface area contributed by atoms with Gasteiger partial charge in [-0.25, -0.2) is 10.4 Å². The van der Waals surface area contributed by atoms with Crippen LogP contribution in [0.3, 0.4) is 0 Å². The fourth-order valence-corrected chi connectivity index (χ4v) is 2.97. The van der Waals surface area contributed by atoms with Crippen LogP contribution in [0.15, 0.2) is 65.8 Å². The van der Waals surface area contributed by atoms with E-state index in [-0.39, 0.29) is 16.5 Å². The number of H-pyrrole nitrogens is 1. The van der Waals surface area contributed by atoms with Gasteiger partial charge >= 0.3 is 0 Å². The Balaban J connectivity index is 1.53. The predicted molar refractivity (Wildman–Crippen MR) is 111 cm³/mol. The number of fused-ring (bicyclic) bond motifs is 1. The molecule has 1 heterocycles. The molecule has 3 aromatic carbocycles. The number of nitrogens with one attached hydrogen (secondary N) is 2. The summed E-state index contributed by atoms with van der Waals surface area (Å²) >= 11 is 5.84. The van der Waals surface area contributed by atoms with Crippen LogP contribution in [0.2, 0.25) is 5.02 Å². The second kappa shape index (κ2) is 7.65. The van der Waals surface area contributed by atoms with Crippen molar-refractivity contribution in [2.45, 2.75) is 0 Å². The van der Waals surface area contributed by atoms with E-state index in [1.165, 1.54) is 18.3 Å². The zero-order valence-corrected chi connectivity index (χ0v) is 15.7. The van der Waals surface area contributed by atoms with Gasteiger partial charge in [-0.3, -0.25) is 4.79 Å². The molecule has 29 heavy (non-hydrogen) atoms. The van der Waals surface area contributed by atoms with E-state index in [1.807, 2.05) is 0 Å². The smallest absolute Gasteiger partial charge is 0.271 e. The summed E-state index contributed by atoms with van der Waals surface area (Å²) < 4.78 is 0. The fraction of sp³-hybridized carbons (Fsp3) is 0. The van der Waals surface area contributed by atoms with Crippen LogP contribution in [0.25, 0.3) is 22.4 Å². The van der Waals surface area contributed by atoms with Gasteiger partial charge in [0.2, 0.25) is 0 Å². The van der Waals surface area contributed by atoms with Crippen LogP contribution in [0, 0.1) is 0 Å². The van der Waals surface area contributed by atoms with Crippen LogP contribution >= 0.6 is 11.6 Å². The number of amides is 1. The second-order valence-electron chi connectivity index (χ2n) is 6.24. The minimum Gasteiger partial charge on any atom is -0.507 e. The summed E-state index contributed by atoms with van der Waals surface area (Å²) in [6, 6.07) is 16.5. The number of phenols is 2. The maximum absolute atomic E-state index is 12.4. The molecule has 0 bridgehead atoms. The number of phenolic OH excluding ortho intramolecular Hbond substituents is 2. The number of hydrogen-bond donors (Lipinski definition) is 4. The minimum atomic E-state index is -0.397. The van der Waals surface area contributed by atoms with E-state index in [0.717, 1.165) is 0 Å². The molecule has 7 nitrogen and oxygen atoms in total. The Morgan fingerprint density at radius 1 is 1.07 bits per heavy atom. The first-order valence-electron chi connectivity index (χ1n) is 8.61. The van der Waals surface area contributed by atoms with Crippen molar-refractivity contribution in [2.75, 3.05) is 0 Å². The highest BCUT2D eigenvalue weighted by atomic mass is 35.5. The summed E-state index contributed by atoms with van der Waals surface area (Å²) in [7, 11) is 0. The van der Waals surface area contributed by atoms with Crippen molar-refractivity contribution in [3.63, 3.8) is 0 Å². The molecule has 0 radical (unpaired) electrons. The predicted octanol–water partition coefficient (Wildman–Crippen LogP) is 4.06. The zero-order valence-electron chi connectivity index (χ0n) is 14.9. The summed E-state index contributed by atoms with van der Waals surface area (Å²) in [5, 5.41) is 23.5. The van der Waals surface area contributed by atoms with Crippen molar-refractivity contribution in [2.24, 2.45) is 5.10 Å². The Morgan fingerprint density at radius 2 is 1.90 bits per heavy atom. The number of imidazole rings is 1. The van der Waals surface area contributed by atoms with Crippen molar-refractivity contribution >= 4 is 34.8 Å². The van der Waals surface area contributed by atoms with Gasteiger partial charge in [-0.2, -0.15) is 5.10 Å². The van der Waals surface area contributed by atoms with Gasteiger partial charge in [0.15, 0.2) is 0 Å². The summed E-state index contributed by atoms with van der Waals surface area (Å²) in [5.74, 6) is 0.210. The molecule has 0 aliphatic heterocycles. The van der Waals surface area contributed by atoms with E-state index in [9.17, 15) is 15.0 Å². The number of halogens is 1. The minimum absolute atomic E-state index is 0.0242. The Labute approximate surface area is 170 Å². The highest BCUT2D eigenvalue weighted by molar-refractivity contribution is 6.32. The van der Waals surface area contributed by atoms with Gasteiger partial charge < -0.3 is 15.2 Å². The lowest BCUT2D eigenvalue weighted by molar-refractivity contribution is 0.0955. The molecule has 0 fully saturated rings. The lowest BCUT2D eigenvalue weighted by Crippen LogP contribution is -2.17. The van der Waals surface area contributed by atoms with Crippen LogP contribution in [0.1, 0.15) is 15.9 Å². The zero-order chi connectivity index (χ0) is 20.4. The van der Waals surface area contributed by atoms with Crippen molar-refractivity contribution in [1.82, 2.24) is 15.4 Å². The van der Waals surface area contributed by atoms with E-state index in [0.29, 0.717) is 33.5 Å². The van der Waals surface area contributed by atoms with Crippen molar-refractivity contribution in [3.8, 4) is 22.9 Å². The Morgan fingerprint density at radius 3 is 2.69 bits per heavy atom. The molecule has 0 spiro atoms. The van der Waals surface area contributed by atoms with Gasteiger partial charge in [0, 0.05) is 5.56 Å². The number of aromatic nitrogens is 2. The molecule has 0 aliphatic carbocycles. The Kier molecular flexibility index (Phi) is 4.88. The first-order chi connectivity index (χ1) is 14.0. The van der Waals surface area contributed by atoms with Gasteiger partial charge in [0.25, 0.3) is 5.91 Å². The normalized spacial score (nSPS) is 11.2. The third kappa shape index (κ3) is 3.90. The third-order valence-corrected chi connectivity index (χ3v) is 4.56. The molecule has 1 aromatic heterocycles. The molecule has 4 rings (SSSR count). The van der Waals surface area contributed by atoms with E-state index in [1.54, 1.807) is 48.5 Å². The average molecular weight is 407 g/mol. The number of aromatic amines is 1. The molecule has 0 atom stereocenters. The standard InChI is InChI=1S/C21H15ClN4O3/c22-15-9-12(5-8-19(15)28)11-23-26-21(29)13-6-7-16-17(10-13)25-20(24-16)14-3-1-2-4-18(14)27/h1-11,27-28H,(H,24,25)(H,26,29)/b23-11+. The number of hydrogen-bond acceptors (Lipinski definition) is 5. The molecule has 0 aliphatic rings. The lowest BCUT2D eigenvalue weighted by Gasteiger charge is -2.00. The average Bonchev–Trinajstić information content (AvgIpc) is 3.14. The molecule has 1 amide bonds. The largest absolute Gasteiger partial charge is 0.507 e. The molecule has 144 valence electrons. The Hall–Kier alpha value is -3.84. The Bertz CT molecular complexity index is 1250. The van der Waals surface area contributed by atoms with Crippen molar-refractivity contribution in [3.05, 3.63) is 76.8 Å². The number of benzene rings is 3. The maximum atomic E-state index is 12.4. The molecule has 0 saturated heterocycles. The number of carbonyl (C=O) groups excluding carboxylic acids is 1. The van der Waals surface area contributed by atoms with Gasteiger partial charge in [0.1, 0.15) is 17.3 Å². The first-order valence-corrected chi connectivity index (χ1v) is 8.99. The maximum Gasteiger partial charge on any atom is 0.271 e. The van der Waals surface area contributed by atoms with Gasteiger partial charge in [-0.15, -0.1) is 0 Å². The first kappa shape index (κ1) is 18.5. The quantitative estimate of drug-likeness (QED) is 0.302. The van der Waals surface area contributed by atoms with Crippen molar-refractivity contribution < 1.29 is 15.0 Å². The summed E-state index contributed by atoms with van der Waals surface area (Å²) in [6.45, 7) is 0. The number of hydrazone groups is 1. The number of carbonyl (C=O) groups is 1. The fourth-order valence-electron chi connectivity index (χ4n) is 2.79. The van der Waals surface area contributed by atoms with E-state index in [4.69, 9.17) is 11.6 Å². The second-order valence-corrected chi connectivity index (χ2v) is 6.65. The summed E-state index contributed by atoms with van der Waals surface area (Å²) in [5.41, 5.74) is 5.37. The molecular formula is C21H15ClN4O3. The molecule has 0 unspecified atom stereocenters. The van der Waals surface area contributed by atoms with E-state index >= 15 is 0 Å². The summed E-state index contributed by atoms with van der Waals surface area (Å²) in [6.07, 6.45) is 1.42. The molecule has 4 aromatic rings. The monoisotopic (exact) mass is 406 g/mol. The van der Waals surface area contributed by atoms with Gasteiger partial charge in [-0.05, 0) is 54.1 Å². The third-order valence-electron chi connectivity index (χ3n) is 4.25. The SMILES string of the molecule is O=C(N/N=C/c1ccc(O)c(Cl)c1)c1ccc2nc(-c3ccccc3O)[nH]c2c1. The number of aromatic hydroxyl groups is 2. The highest BCUT2D eigenvalue weighted by Gasteiger charge is 2.11. The highest BCUT2D eigenvalue weighted by Crippen LogP contribution is 2.28. The van der Waals surface area contributed by atoms with Gasteiger partial charge in [0.05, 0.1) is 27.8 Å². The molecule has 0 saturated carbocycles. The van der Waals surface area contributed by atoms with Crippen LogP contribution < -0.4 is 5.43 Å². The van der Waals surface area contributed by atoms with Gasteiger partial charge in [-0.1, -0.05) is 23.7 Å². The van der Waals surface area contributed by atoms with Crippen LogP contribution in [0.4, 0.5) is 0 Å². The van der Waals surface area contributed by atoms with E-state index < -0.39 is 5.91 Å². The van der Waals surface area contributed by atoms with Crippen molar-refractivity contribution in [1.29, 1.82) is 0 Å². The number of para-hydroxylation sites is 1. The molecule has 8 heteroatoms. The lowest BCUT2D eigenvalue weighted by atomic mass is 10.2. The number of nitrogens with zero attached hydrogens (tertiary/aromatic N) is 2. The topological polar surface area (TPSA) is 111 Å². The van der Waals surface area contributed by atoms with Crippen LogP contribution in [-0.4, -0.2) is 32.3 Å². The summed E-state index contributed by atoms with van der Waals surface area (Å²) in [4.78, 5) is 19.9. The molecule has 4 N–H and O–H groups in total. The van der Waals surface area contributed by atoms with Crippen LogP contribution in [-0.2, 0) is 0 Å².